The third-order valence-electron chi connectivity index (χ3n) is 5.55. The van der Waals surface area contributed by atoms with E-state index in [1.165, 1.54) is 5.57 Å². The summed E-state index contributed by atoms with van der Waals surface area (Å²) in [5, 5.41) is 10.3. The molecule has 0 saturated carbocycles. The van der Waals surface area contributed by atoms with Gasteiger partial charge in [-0.1, -0.05) is 41.4 Å². The first kappa shape index (κ1) is 19.7. The zero-order chi connectivity index (χ0) is 20.4. The Balaban J connectivity index is 1.41. The van der Waals surface area contributed by atoms with Gasteiger partial charge in [0.25, 0.3) is 5.91 Å². The smallest absolute Gasteiger partial charge is 0.255 e. The molecule has 6 heteroatoms. The Morgan fingerprint density at radius 1 is 1.10 bits per heavy atom. The summed E-state index contributed by atoms with van der Waals surface area (Å²) in [6.45, 7) is 2.05. The van der Waals surface area contributed by atoms with Crippen molar-refractivity contribution in [2.45, 2.75) is 12.8 Å². The van der Waals surface area contributed by atoms with Crippen LogP contribution in [-0.4, -0.2) is 36.2 Å². The van der Waals surface area contributed by atoms with Crippen LogP contribution in [0.25, 0.3) is 0 Å². The lowest BCUT2D eigenvalue weighted by Gasteiger charge is -2.32. The molecule has 0 aromatic heterocycles. The van der Waals surface area contributed by atoms with Crippen LogP contribution in [0.1, 0.15) is 34.3 Å². The van der Waals surface area contributed by atoms with E-state index in [0.717, 1.165) is 24.1 Å². The minimum Gasteiger partial charge on any atom is -0.339 e. The van der Waals surface area contributed by atoms with Gasteiger partial charge in [0.1, 0.15) is 0 Å². The predicted octanol–water partition coefficient (Wildman–Crippen LogP) is 5.15. The van der Waals surface area contributed by atoms with E-state index in [0.29, 0.717) is 46.7 Å². The van der Waals surface area contributed by atoms with Crippen LogP contribution in [0.2, 0.25) is 10.0 Å². The van der Waals surface area contributed by atoms with Crippen LogP contribution in [0, 0.1) is 17.2 Å². The standard InChI is InChI=1S/C23H19Cl2N3O/c24-20-6-5-16(11-21(20)25)22-12-18(14-27-22)15-7-9-28(10-8-15)23(29)19-4-2-1-3-17(19)13-26/h1-6,11-12,15H,7-10,14H2. The molecular formula is C23H19Cl2N3O. The van der Waals surface area contributed by atoms with Crippen LogP contribution in [-0.2, 0) is 0 Å². The number of rotatable bonds is 3. The molecule has 0 bridgehead atoms. The molecular weight excluding hydrogens is 405 g/mol. The second kappa shape index (κ2) is 8.41. The highest BCUT2D eigenvalue weighted by Gasteiger charge is 2.28. The zero-order valence-electron chi connectivity index (χ0n) is 15.7. The normalized spacial score (nSPS) is 16.9. The Hall–Kier alpha value is -2.61. The van der Waals surface area contributed by atoms with Crippen molar-refractivity contribution in [1.82, 2.24) is 4.90 Å². The van der Waals surface area contributed by atoms with Gasteiger partial charge in [0.15, 0.2) is 0 Å². The van der Waals surface area contributed by atoms with Crippen molar-refractivity contribution in [2.75, 3.05) is 19.6 Å². The number of nitrogens with zero attached hydrogens (tertiary/aromatic N) is 3. The Labute approximate surface area is 180 Å². The maximum atomic E-state index is 12.8. The number of allylic oxidation sites excluding steroid dienone is 1. The first-order valence-corrected chi connectivity index (χ1v) is 10.3. The fourth-order valence-electron chi connectivity index (χ4n) is 3.91. The van der Waals surface area contributed by atoms with Gasteiger partial charge >= 0.3 is 0 Å². The second-order valence-corrected chi connectivity index (χ2v) is 8.09. The number of amides is 1. The van der Waals surface area contributed by atoms with Gasteiger partial charge < -0.3 is 4.90 Å². The molecule has 2 aliphatic heterocycles. The molecule has 29 heavy (non-hydrogen) atoms. The summed E-state index contributed by atoms with van der Waals surface area (Å²) >= 11 is 12.1. The molecule has 146 valence electrons. The lowest BCUT2D eigenvalue weighted by molar-refractivity contribution is 0.0701. The number of hydrogen-bond donors (Lipinski definition) is 0. The van der Waals surface area contributed by atoms with Gasteiger partial charge in [-0.2, -0.15) is 5.26 Å². The SMILES string of the molecule is N#Cc1ccccc1C(=O)N1CCC(C2=CC(c3ccc(Cl)c(Cl)c3)=NC2)CC1. The number of hydrogen-bond acceptors (Lipinski definition) is 3. The molecule has 2 aromatic rings. The molecule has 0 atom stereocenters. The molecule has 0 N–H and O–H groups in total. The van der Waals surface area contributed by atoms with Crippen molar-refractivity contribution in [1.29, 1.82) is 5.26 Å². The Bertz CT molecular complexity index is 1060. The minimum atomic E-state index is -0.0613. The third kappa shape index (κ3) is 4.07. The first-order chi connectivity index (χ1) is 14.1. The molecule has 0 aliphatic carbocycles. The lowest BCUT2D eigenvalue weighted by Crippen LogP contribution is -2.39. The summed E-state index contributed by atoms with van der Waals surface area (Å²) < 4.78 is 0. The van der Waals surface area contributed by atoms with E-state index < -0.39 is 0 Å². The van der Waals surface area contributed by atoms with Gasteiger partial charge in [-0.05, 0) is 54.7 Å². The van der Waals surface area contributed by atoms with Crippen molar-refractivity contribution >= 4 is 34.8 Å². The number of benzene rings is 2. The summed E-state index contributed by atoms with van der Waals surface area (Å²) in [7, 11) is 0. The highest BCUT2D eigenvalue weighted by atomic mass is 35.5. The average molecular weight is 424 g/mol. The Morgan fingerprint density at radius 2 is 1.86 bits per heavy atom. The molecule has 2 heterocycles. The maximum absolute atomic E-state index is 12.8. The molecule has 1 saturated heterocycles. The van der Waals surface area contributed by atoms with E-state index in [4.69, 9.17) is 23.2 Å². The van der Waals surface area contributed by atoms with Gasteiger partial charge in [0.2, 0.25) is 0 Å². The molecule has 2 aromatic carbocycles. The summed E-state index contributed by atoms with van der Waals surface area (Å²) in [5.41, 5.74) is 4.11. The molecule has 0 spiro atoms. The van der Waals surface area contributed by atoms with E-state index in [1.807, 2.05) is 17.0 Å². The maximum Gasteiger partial charge on any atom is 0.255 e. The second-order valence-electron chi connectivity index (χ2n) is 7.27. The molecule has 2 aliphatic rings. The number of carbonyl (C=O) groups is 1. The quantitative estimate of drug-likeness (QED) is 0.685. The minimum absolute atomic E-state index is 0.0613. The monoisotopic (exact) mass is 423 g/mol. The van der Waals surface area contributed by atoms with Crippen LogP contribution in [0.4, 0.5) is 0 Å². The highest BCUT2D eigenvalue weighted by molar-refractivity contribution is 6.42. The lowest BCUT2D eigenvalue weighted by atomic mass is 9.88. The van der Waals surface area contributed by atoms with Crippen molar-refractivity contribution in [3.8, 4) is 6.07 Å². The van der Waals surface area contributed by atoms with Crippen LogP contribution < -0.4 is 0 Å². The summed E-state index contributed by atoms with van der Waals surface area (Å²) in [5.74, 6) is 0.350. The van der Waals surface area contributed by atoms with E-state index >= 15 is 0 Å². The van der Waals surface area contributed by atoms with Gasteiger partial charge in [-0.15, -0.1) is 0 Å². The van der Waals surface area contributed by atoms with Crippen molar-refractivity contribution < 1.29 is 4.79 Å². The molecule has 0 unspecified atom stereocenters. The highest BCUT2D eigenvalue weighted by Crippen LogP contribution is 2.30. The number of likely N-dealkylation sites (tertiary alicyclic amines) is 1. The van der Waals surface area contributed by atoms with Gasteiger partial charge in [0.05, 0.1) is 39.5 Å². The first-order valence-electron chi connectivity index (χ1n) is 9.55. The van der Waals surface area contributed by atoms with Crippen molar-refractivity contribution in [3.05, 3.63) is 80.8 Å². The third-order valence-corrected chi connectivity index (χ3v) is 6.29. The zero-order valence-corrected chi connectivity index (χ0v) is 17.2. The number of carbonyl (C=O) groups excluding carboxylic acids is 1. The molecule has 1 fully saturated rings. The largest absolute Gasteiger partial charge is 0.339 e. The molecule has 1 amide bonds. The van der Waals surface area contributed by atoms with Gasteiger partial charge in [-0.3, -0.25) is 9.79 Å². The summed E-state index contributed by atoms with van der Waals surface area (Å²) in [6.07, 6.45) is 3.94. The van der Waals surface area contributed by atoms with E-state index in [9.17, 15) is 10.1 Å². The number of piperidine rings is 1. The number of halogens is 2. The van der Waals surface area contributed by atoms with E-state index in [-0.39, 0.29) is 5.91 Å². The van der Waals surface area contributed by atoms with Crippen LogP contribution in [0.15, 0.2) is 59.1 Å². The summed E-state index contributed by atoms with van der Waals surface area (Å²) in [4.78, 5) is 19.3. The molecule has 4 nitrogen and oxygen atoms in total. The van der Waals surface area contributed by atoms with Crippen molar-refractivity contribution in [3.63, 3.8) is 0 Å². The average Bonchev–Trinajstić information content (AvgIpc) is 3.25. The Kier molecular flexibility index (Phi) is 5.71. The molecule has 0 radical (unpaired) electrons. The van der Waals surface area contributed by atoms with E-state index in [2.05, 4.69) is 17.1 Å². The predicted molar refractivity (Wildman–Crippen MR) is 116 cm³/mol. The van der Waals surface area contributed by atoms with E-state index in [1.54, 1.807) is 30.3 Å². The fourth-order valence-corrected chi connectivity index (χ4v) is 4.21. The molecule has 4 rings (SSSR count). The number of aliphatic imine (C=N–C) groups is 1. The fraction of sp³-hybridized carbons (Fsp3) is 0.261. The van der Waals surface area contributed by atoms with Crippen molar-refractivity contribution in [2.24, 2.45) is 10.9 Å². The van der Waals surface area contributed by atoms with Crippen LogP contribution in [0.5, 0.6) is 0 Å². The number of nitriles is 1. The van der Waals surface area contributed by atoms with Gasteiger partial charge in [0, 0.05) is 18.7 Å². The topological polar surface area (TPSA) is 56.5 Å². The summed E-state index contributed by atoms with van der Waals surface area (Å²) in [6, 6.07) is 14.7. The Morgan fingerprint density at radius 3 is 2.59 bits per heavy atom. The van der Waals surface area contributed by atoms with Crippen LogP contribution >= 0.6 is 23.2 Å². The van der Waals surface area contributed by atoms with Gasteiger partial charge in [-0.25, -0.2) is 0 Å². The van der Waals surface area contributed by atoms with Crippen LogP contribution in [0.3, 0.4) is 0 Å².